The van der Waals surface area contributed by atoms with E-state index in [1.165, 1.54) is 0 Å². The number of pyridine rings is 1. The van der Waals surface area contributed by atoms with E-state index in [1.807, 2.05) is 60.8 Å². The van der Waals surface area contributed by atoms with Crippen molar-refractivity contribution in [1.29, 1.82) is 0 Å². The van der Waals surface area contributed by atoms with Crippen LogP contribution < -0.4 is 10.7 Å². The van der Waals surface area contributed by atoms with E-state index in [4.69, 9.17) is 4.74 Å². The smallest absolute Gasteiger partial charge is 0.408 e. The first-order valence-corrected chi connectivity index (χ1v) is 11.0. The third-order valence-electron chi connectivity index (χ3n) is 5.15. The first-order valence-electron chi connectivity index (χ1n) is 11.0. The van der Waals surface area contributed by atoms with Crippen LogP contribution in [-0.4, -0.2) is 39.8 Å². The number of rotatable bonds is 6. The summed E-state index contributed by atoms with van der Waals surface area (Å²) in [6.07, 6.45) is 4.69. The number of hydrogen-bond donors (Lipinski definition) is 3. The molecule has 0 unspecified atom stereocenters. The van der Waals surface area contributed by atoms with Crippen molar-refractivity contribution >= 4 is 40.0 Å². The van der Waals surface area contributed by atoms with Gasteiger partial charge in [0.2, 0.25) is 0 Å². The van der Waals surface area contributed by atoms with Gasteiger partial charge in [-0.1, -0.05) is 42.5 Å². The largest absolute Gasteiger partial charge is 0.444 e. The molecule has 0 spiro atoms. The highest BCUT2D eigenvalue weighted by molar-refractivity contribution is 5.98. The normalized spacial score (nSPS) is 12.7. The van der Waals surface area contributed by atoms with E-state index in [9.17, 15) is 9.59 Å². The summed E-state index contributed by atoms with van der Waals surface area (Å²) >= 11 is 0. The minimum atomic E-state index is -0.892. The topological polar surface area (TPSA) is 108 Å². The number of fused-ring (bicyclic) bond motifs is 2. The van der Waals surface area contributed by atoms with Crippen molar-refractivity contribution in [2.75, 3.05) is 0 Å². The minimum absolute atomic E-state index is 0.264. The van der Waals surface area contributed by atoms with Crippen LogP contribution in [0.25, 0.3) is 21.8 Å². The molecule has 34 heavy (non-hydrogen) atoms. The third-order valence-corrected chi connectivity index (χ3v) is 5.15. The summed E-state index contributed by atoms with van der Waals surface area (Å²) < 4.78 is 5.36. The Bertz CT molecular complexity index is 1350. The number of hydrazone groups is 1. The van der Waals surface area contributed by atoms with Crippen LogP contribution >= 0.6 is 0 Å². The van der Waals surface area contributed by atoms with Gasteiger partial charge in [-0.25, -0.2) is 10.2 Å². The molecular weight excluding hydrogens is 430 g/mol. The molecule has 8 nitrogen and oxygen atoms in total. The summed E-state index contributed by atoms with van der Waals surface area (Å²) in [6, 6.07) is 16.4. The van der Waals surface area contributed by atoms with Crippen molar-refractivity contribution in [3.63, 3.8) is 0 Å². The molecule has 2 heterocycles. The van der Waals surface area contributed by atoms with Crippen molar-refractivity contribution in [2.45, 2.75) is 38.8 Å². The molecule has 0 fully saturated rings. The van der Waals surface area contributed by atoms with Gasteiger partial charge in [-0.05, 0) is 38.5 Å². The van der Waals surface area contributed by atoms with Gasteiger partial charge in [0.25, 0.3) is 5.91 Å². The van der Waals surface area contributed by atoms with E-state index in [0.29, 0.717) is 0 Å². The van der Waals surface area contributed by atoms with Crippen LogP contribution in [-0.2, 0) is 16.0 Å². The molecular formula is C26H27N5O3. The van der Waals surface area contributed by atoms with E-state index in [0.717, 1.165) is 32.9 Å². The summed E-state index contributed by atoms with van der Waals surface area (Å²) in [5, 5.41) is 8.76. The number of para-hydroxylation sites is 2. The summed E-state index contributed by atoms with van der Waals surface area (Å²) in [4.78, 5) is 33.1. The molecule has 0 radical (unpaired) electrons. The average Bonchev–Trinajstić information content (AvgIpc) is 3.20. The van der Waals surface area contributed by atoms with Crippen LogP contribution in [0.15, 0.2) is 72.1 Å². The second kappa shape index (κ2) is 9.74. The fourth-order valence-corrected chi connectivity index (χ4v) is 3.65. The Morgan fingerprint density at radius 2 is 1.91 bits per heavy atom. The van der Waals surface area contributed by atoms with Crippen LogP contribution in [0.1, 0.15) is 31.9 Å². The van der Waals surface area contributed by atoms with Gasteiger partial charge < -0.3 is 15.0 Å². The van der Waals surface area contributed by atoms with E-state index in [-0.39, 0.29) is 6.42 Å². The summed E-state index contributed by atoms with van der Waals surface area (Å²) in [7, 11) is 0. The first kappa shape index (κ1) is 23.0. The third kappa shape index (κ3) is 5.58. The fourth-order valence-electron chi connectivity index (χ4n) is 3.65. The minimum Gasteiger partial charge on any atom is -0.444 e. The number of carbonyl (C=O) groups is 2. The van der Waals surface area contributed by atoms with E-state index in [2.05, 4.69) is 25.8 Å². The molecule has 0 aliphatic carbocycles. The summed E-state index contributed by atoms with van der Waals surface area (Å²) in [6.45, 7) is 5.30. The number of hydrogen-bond acceptors (Lipinski definition) is 5. The lowest BCUT2D eigenvalue weighted by Gasteiger charge is -2.22. The highest BCUT2D eigenvalue weighted by Crippen LogP contribution is 2.19. The van der Waals surface area contributed by atoms with Crippen LogP contribution in [0.3, 0.4) is 0 Å². The van der Waals surface area contributed by atoms with Gasteiger partial charge in [0.1, 0.15) is 11.6 Å². The molecule has 8 heteroatoms. The van der Waals surface area contributed by atoms with Crippen molar-refractivity contribution in [2.24, 2.45) is 5.10 Å². The Morgan fingerprint density at radius 1 is 1.12 bits per heavy atom. The number of nitrogens with one attached hydrogen (secondary N) is 3. The molecule has 4 rings (SSSR count). The van der Waals surface area contributed by atoms with Gasteiger partial charge in [-0.3, -0.25) is 9.78 Å². The van der Waals surface area contributed by atoms with Gasteiger partial charge in [-0.2, -0.15) is 5.10 Å². The maximum Gasteiger partial charge on any atom is 0.408 e. The zero-order valence-corrected chi connectivity index (χ0v) is 19.3. The van der Waals surface area contributed by atoms with Crippen molar-refractivity contribution < 1.29 is 14.3 Å². The molecule has 174 valence electrons. The molecule has 0 aliphatic rings. The summed E-state index contributed by atoms with van der Waals surface area (Å²) in [5.74, 6) is -0.458. The number of ether oxygens (including phenoxy) is 1. The highest BCUT2D eigenvalue weighted by atomic mass is 16.6. The predicted octanol–water partition coefficient (Wildman–Crippen LogP) is 4.30. The second-order valence-corrected chi connectivity index (χ2v) is 8.92. The number of aromatic nitrogens is 2. The molecule has 4 aromatic rings. The van der Waals surface area contributed by atoms with Gasteiger partial charge in [-0.15, -0.1) is 0 Å². The van der Waals surface area contributed by atoms with Crippen LogP contribution in [0, 0.1) is 0 Å². The zero-order chi connectivity index (χ0) is 24.1. The Balaban J connectivity index is 1.52. The Morgan fingerprint density at radius 3 is 2.74 bits per heavy atom. The molecule has 1 atom stereocenters. The number of amides is 2. The first-order chi connectivity index (χ1) is 16.3. The molecule has 0 aliphatic heterocycles. The maximum atomic E-state index is 13.0. The van der Waals surface area contributed by atoms with Crippen molar-refractivity contribution in [3.8, 4) is 0 Å². The standard InChI is InChI=1S/C26H27N5O3/c1-26(2,3)34-25(33)30-22(14-19-15-28-21-12-5-4-11-20(19)21)24(32)31-29-16-18-9-6-8-17-10-7-13-27-23(17)18/h4-13,15-16,22,28H,14H2,1-3H3,(H,30,33)(H,31,32)/b29-16-/t22-/m1/s1. The van der Waals surface area contributed by atoms with E-state index in [1.54, 1.807) is 33.2 Å². The number of aromatic amines is 1. The van der Waals surface area contributed by atoms with Crippen molar-refractivity contribution in [1.82, 2.24) is 20.7 Å². The van der Waals surface area contributed by atoms with Gasteiger partial charge >= 0.3 is 6.09 Å². The SMILES string of the molecule is CC(C)(C)OC(=O)N[C@H](Cc1c[nH]c2ccccc12)C(=O)N/N=C\c1cccc2cccnc12. The predicted molar refractivity (Wildman–Crippen MR) is 133 cm³/mol. The summed E-state index contributed by atoms with van der Waals surface area (Å²) in [5.41, 5.74) is 5.26. The lowest BCUT2D eigenvalue weighted by atomic mass is 10.0. The van der Waals surface area contributed by atoms with Crippen LogP contribution in [0.4, 0.5) is 4.79 Å². The molecule has 2 amide bonds. The van der Waals surface area contributed by atoms with Gasteiger partial charge in [0.05, 0.1) is 11.7 Å². The second-order valence-electron chi connectivity index (χ2n) is 8.92. The van der Waals surface area contributed by atoms with Crippen LogP contribution in [0.2, 0.25) is 0 Å². The molecule has 0 saturated carbocycles. The molecule has 2 aromatic carbocycles. The zero-order valence-electron chi connectivity index (χ0n) is 19.3. The van der Waals surface area contributed by atoms with E-state index >= 15 is 0 Å². The number of alkyl carbamates (subject to hydrolysis) is 1. The number of carbonyl (C=O) groups excluding carboxylic acids is 2. The fraction of sp³-hybridized carbons (Fsp3) is 0.231. The van der Waals surface area contributed by atoms with E-state index < -0.39 is 23.6 Å². The number of benzene rings is 2. The van der Waals surface area contributed by atoms with Gasteiger partial charge in [0, 0.05) is 40.7 Å². The quantitative estimate of drug-likeness (QED) is 0.296. The molecule has 3 N–H and O–H groups in total. The maximum absolute atomic E-state index is 13.0. The lowest BCUT2D eigenvalue weighted by molar-refractivity contribution is -0.123. The monoisotopic (exact) mass is 457 g/mol. The van der Waals surface area contributed by atoms with Crippen LogP contribution in [0.5, 0.6) is 0 Å². The highest BCUT2D eigenvalue weighted by Gasteiger charge is 2.25. The molecule has 0 bridgehead atoms. The van der Waals surface area contributed by atoms with Crippen molar-refractivity contribution in [3.05, 3.63) is 78.1 Å². The lowest BCUT2D eigenvalue weighted by Crippen LogP contribution is -2.48. The van der Waals surface area contributed by atoms with Gasteiger partial charge in [0.15, 0.2) is 0 Å². The molecule has 2 aromatic heterocycles. The number of nitrogens with zero attached hydrogens (tertiary/aromatic N) is 2. The number of H-pyrrole nitrogens is 1. The Labute approximate surface area is 197 Å². The Hall–Kier alpha value is -4.20. The molecule has 0 saturated heterocycles. The average molecular weight is 458 g/mol. The Kier molecular flexibility index (Phi) is 6.58.